The van der Waals surface area contributed by atoms with Crippen molar-refractivity contribution < 1.29 is 0 Å². The van der Waals surface area contributed by atoms with Crippen molar-refractivity contribution in [1.29, 1.82) is 0 Å². The summed E-state index contributed by atoms with van der Waals surface area (Å²) in [5.74, 6) is 0. The van der Waals surface area contributed by atoms with Crippen LogP contribution in [0.2, 0.25) is 0 Å². The first kappa shape index (κ1) is 27.0. The van der Waals surface area contributed by atoms with Crippen LogP contribution in [0.15, 0.2) is 158 Å². The zero-order valence-corrected chi connectivity index (χ0v) is 27.5. The Morgan fingerprint density at radius 1 is 0.286 bits per heavy atom. The van der Waals surface area contributed by atoms with Crippen LogP contribution in [0.1, 0.15) is 25.0 Å². The van der Waals surface area contributed by atoms with Crippen LogP contribution >= 0.6 is 0 Å². The Hall–Kier alpha value is -5.98. The Kier molecular flexibility index (Phi) is 5.27. The van der Waals surface area contributed by atoms with Gasteiger partial charge in [0.1, 0.15) is 0 Å². The Bertz CT molecular complexity index is 3030. The standard InChI is InChI=1S/C49H32/c1-49(2)46-28-44-37-20-10-7-16-33(37)32-15-6-9-19-36(32)43(44)26-45(46)48-40-22-12-11-21-38(40)41(27-47(48)49)29-23-24-39-34-17-4-3-13-30(34)31-14-5-8-18-35(31)42(39)25-29/h3-28H,1-2H3. The molecular weight excluding hydrogens is 589 g/mol. The fourth-order valence-corrected chi connectivity index (χ4v) is 9.29. The van der Waals surface area contributed by atoms with Crippen molar-refractivity contribution in [1.82, 2.24) is 0 Å². The van der Waals surface area contributed by atoms with E-state index >= 15 is 0 Å². The molecule has 0 fully saturated rings. The molecule has 0 aromatic heterocycles. The highest BCUT2D eigenvalue weighted by Gasteiger charge is 2.38. The lowest BCUT2D eigenvalue weighted by atomic mass is 9.79. The summed E-state index contributed by atoms with van der Waals surface area (Å²) in [6.45, 7) is 4.84. The predicted octanol–water partition coefficient (Wildman–Crippen LogP) is 13.7. The van der Waals surface area contributed by atoms with Crippen molar-refractivity contribution in [2.75, 3.05) is 0 Å². The molecule has 0 aliphatic heterocycles. The minimum atomic E-state index is -0.163. The van der Waals surface area contributed by atoms with E-state index in [0.717, 1.165) is 0 Å². The van der Waals surface area contributed by atoms with E-state index in [1.165, 1.54) is 109 Å². The van der Waals surface area contributed by atoms with E-state index in [1.54, 1.807) is 0 Å². The van der Waals surface area contributed by atoms with E-state index < -0.39 is 0 Å². The van der Waals surface area contributed by atoms with E-state index in [1.807, 2.05) is 0 Å². The Balaban J connectivity index is 1.22. The molecule has 0 saturated carbocycles. The van der Waals surface area contributed by atoms with Gasteiger partial charge in [0.25, 0.3) is 0 Å². The van der Waals surface area contributed by atoms with Crippen molar-refractivity contribution in [2.45, 2.75) is 19.3 Å². The largest absolute Gasteiger partial charge is 0.0616 e. The van der Waals surface area contributed by atoms with Gasteiger partial charge in [-0.05, 0) is 133 Å². The van der Waals surface area contributed by atoms with Gasteiger partial charge in [-0.15, -0.1) is 0 Å². The summed E-state index contributed by atoms with van der Waals surface area (Å²) in [5.41, 5.74) is 7.97. The number of hydrogen-bond acceptors (Lipinski definition) is 0. The first-order valence-corrected chi connectivity index (χ1v) is 17.4. The molecular formula is C49H32. The molecule has 0 bridgehead atoms. The van der Waals surface area contributed by atoms with Crippen LogP contribution in [0.25, 0.3) is 97.7 Å². The van der Waals surface area contributed by atoms with E-state index in [4.69, 9.17) is 0 Å². The summed E-state index contributed by atoms with van der Waals surface area (Å²) in [7, 11) is 0. The van der Waals surface area contributed by atoms with Crippen molar-refractivity contribution in [3.8, 4) is 22.3 Å². The second kappa shape index (κ2) is 9.56. The third-order valence-corrected chi connectivity index (χ3v) is 11.6. The number of rotatable bonds is 1. The summed E-state index contributed by atoms with van der Waals surface area (Å²) >= 11 is 0. The SMILES string of the molecule is CC1(C)c2cc3c4ccccc4c4ccccc4c3cc2-c2c1cc(-c1ccc3c4ccccc4c4ccccc4c3c1)c1ccccc21. The molecule has 0 atom stereocenters. The molecule has 0 heterocycles. The molecule has 49 heavy (non-hydrogen) atoms. The summed E-state index contributed by atoms with van der Waals surface area (Å²) in [6.07, 6.45) is 0. The van der Waals surface area contributed by atoms with Crippen LogP contribution in [-0.4, -0.2) is 0 Å². The lowest BCUT2D eigenvalue weighted by Gasteiger charge is -2.23. The number of fused-ring (bicyclic) bond motifs is 17. The second-order valence-corrected chi connectivity index (χ2v) is 14.4. The maximum atomic E-state index is 2.52. The predicted molar refractivity (Wildman–Crippen MR) is 212 cm³/mol. The Morgan fingerprint density at radius 3 is 1.18 bits per heavy atom. The van der Waals surface area contributed by atoms with Crippen LogP contribution in [0, 0.1) is 0 Å². The topological polar surface area (TPSA) is 0 Å². The van der Waals surface area contributed by atoms with Gasteiger partial charge in [0.2, 0.25) is 0 Å². The lowest BCUT2D eigenvalue weighted by molar-refractivity contribution is 0.662. The molecule has 228 valence electrons. The molecule has 10 aromatic rings. The number of hydrogen-bond donors (Lipinski definition) is 0. The highest BCUT2D eigenvalue weighted by Crippen LogP contribution is 2.55. The van der Waals surface area contributed by atoms with Crippen molar-refractivity contribution in [3.63, 3.8) is 0 Å². The average Bonchev–Trinajstić information content (AvgIpc) is 3.39. The van der Waals surface area contributed by atoms with Crippen molar-refractivity contribution >= 4 is 75.4 Å². The molecule has 0 heteroatoms. The smallest absolute Gasteiger partial charge is 0.0159 e. The zero-order valence-electron chi connectivity index (χ0n) is 27.5. The van der Waals surface area contributed by atoms with Gasteiger partial charge in [-0.3, -0.25) is 0 Å². The summed E-state index contributed by atoms with van der Waals surface area (Å²) < 4.78 is 0. The summed E-state index contributed by atoms with van der Waals surface area (Å²) in [5, 5.41) is 18.5. The lowest BCUT2D eigenvalue weighted by Crippen LogP contribution is -2.15. The third kappa shape index (κ3) is 3.53. The van der Waals surface area contributed by atoms with Gasteiger partial charge >= 0.3 is 0 Å². The van der Waals surface area contributed by atoms with Crippen LogP contribution in [0.5, 0.6) is 0 Å². The molecule has 0 radical (unpaired) electrons. The zero-order chi connectivity index (χ0) is 32.4. The van der Waals surface area contributed by atoms with Gasteiger partial charge in [-0.2, -0.15) is 0 Å². The van der Waals surface area contributed by atoms with Gasteiger partial charge in [-0.1, -0.05) is 147 Å². The van der Waals surface area contributed by atoms with Crippen LogP contribution < -0.4 is 0 Å². The molecule has 0 amide bonds. The first-order chi connectivity index (χ1) is 24.1. The van der Waals surface area contributed by atoms with Gasteiger partial charge < -0.3 is 0 Å². The van der Waals surface area contributed by atoms with Gasteiger partial charge in [0.15, 0.2) is 0 Å². The van der Waals surface area contributed by atoms with Gasteiger partial charge in [0, 0.05) is 5.41 Å². The third-order valence-electron chi connectivity index (χ3n) is 11.6. The van der Waals surface area contributed by atoms with E-state index in [9.17, 15) is 0 Å². The molecule has 0 spiro atoms. The van der Waals surface area contributed by atoms with Gasteiger partial charge in [-0.25, -0.2) is 0 Å². The number of benzene rings is 10. The minimum Gasteiger partial charge on any atom is -0.0616 e. The quantitative estimate of drug-likeness (QED) is 0.160. The maximum absolute atomic E-state index is 2.52. The molecule has 0 N–H and O–H groups in total. The van der Waals surface area contributed by atoms with Crippen LogP contribution in [-0.2, 0) is 5.41 Å². The molecule has 0 saturated heterocycles. The molecule has 0 nitrogen and oxygen atoms in total. The summed E-state index contributed by atoms with van der Waals surface area (Å²) in [6, 6.07) is 59.3. The molecule has 10 aromatic carbocycles. The van der Waals surface area contributed by atoms with Gasteiger partial charge in [0.05, 0.1) is 0 Å². The highest BCUT2D eigenvalue weighted by molar-refractivity contribution is 6.28. The van der Waals surface area contributed by atoms with Crippen LogP contribution in [0.4, 0.5) is 0 Å². The van der Waals surface area contributed by atoms with E-state index in [0.29, 0.717) is 0 Å². The second-order valence-electron chi connectivity index (χ2n) is 14.4. The molecule has 0 unspecified atom stereocenters. The fraction of sp³-hybridized carbons (Fsp3) is 0.0612. The molecule has 1 aliphatic rings. The maximum Gasteiger partial charge on any atom is 0.0159 e. The fourth-order valence-electron chi connectivity index (χ4n) is 9.29. The first-order valence-electron chi connectivity index (χ1n) is 17.4. The van der Waals surface area contributed by atoms with Crippen molar-refractivity contribution in [2.24, 2.45) is 0 Å². The summed E-state index contributed by atoms with van der Waals surface area (Å²) in [4.78, 5) is 0. The average molecular weight is 621 g/mol. The minimum absolute atomic E-state index is 0.163. The Labute approximate surface area is 284 Å². The monoisotopic (exact) mass is 620 g/mol. The van der Waals surface area contributed by atoms with Crippen molar-refractivity contribution in [3.05, 3.63) is 169 Å². The normalized spacial score (nSPS) is 13.7. The molecule has 1 aliphatic carbocycles. The molecule has 11 rings (SSSR count). The Morgan fingerprint density at radius 2 is 0.673 bits per heavy atom. The highest BCUT2D eigenvalue weighted by atomic mass is 14.4. The van der Waals surface area contributed by atoms with Crippen LogP contribution in [0.3, 0.4) is 0 Å². The van der Waals surface area contributed by atoms with E-state index in [-0.39, 0.29) is 5.41 Å². The van der Waals surface area contributed by atoms with E-state index in [2.05, 4.69) is 172 Å².